The summed E-state index contributed by atoms with van der Waals surface area (Å²) in [7, 11) is 1.78. The van der Waals surface area contributed by atoms with Crippen molar-refractivity contribution in [1.29, 1.82) is 0 Å². The van der Waals surface area contributed by atoms with Gasteiger partial charge >= 0.3 is 0 Å². The molecule has 0 atom stereocenters. The molecule has 7 nitrogen and oxygen atoms in total. The second-order valence-corrected chi connectivity index (χ2v) is 7.54. The average Bonchev–Trinajstić information content (AvgIpc) is 3.04. The van der Waals surface area contributed by atoms with E-state index < -0.39 is 5.82 Å². The number of carbonyl (C=O) groups is 1. The van der Waals surface area contributed by atoms with Crippen LogP contribution in [0.3, 0.4) is 0 Å². The third-order valence-electron chi connectivity index (χ3n) is 5.55. The van der Waals surface area contributed by atoms with Crippen molar-refractivity contribution in [3.63, 3.8) is 0 Å². The zero-order valence-electron chi connectivity index (χ0n) is 16.1. The number of nitrogens with two attached hydrogens (primary N) is 1. The predicted octanol–water partition coefficient (Wildman–Crippen LogP) is 2.79. The molecule has 4 heterocycles. The van der Waals surface area contributed by atoms with Gasteiger partial charge in [-0.05, 0) is 24.6 Å². The minimum Gasteiger partial charge on any atom is -0.383 e. The van der Waals surface area contributed by atoms with Crippen LogP contribution in [0.15, 0.2) is 36.7 Å². The van der Waals surface area contributed by atoms with Crippen molar-refractivity contribution in [1.82, 2.24) is 24.6 Å². The summed E-state index contributed by atoms with van der Waals surface area (Å²) in [6.07, 6.45) is 3.44. The van der Waals surface area contributed by atoms with Crippen molar-refractivity contribution in [3.05, 3.63) is 59.3 Å². The molecule has 0 unspecified atom stereocenters. The van der Waals surface area contributed by atoms with Crippen LogP contribution in [0.1, 0.15) is 27.5 Å². The summed E-state index contributed by atoms with van der Waals surface area (Å²) in [5, 5.41) is 5.55. The van der Waals surface area contributed by atoms with Crippen molar-refractivity contribution >= 4 is 33.5 Å². The third kappa shape index (κ3) is 2.71. The van der Waals surface area contributed by atoms with Gasteiger partial charge in [0.15, 0.2) is 0 Å². The Hall–Kier alpha value is -3.55. The second-order valence-electron chi connectivity index (χ2n) is 7.54. The highest BCUT2D eigenvalue weighted by atomic mass is 19.1. The van der Waals surface area contributed by atoms with Crippen LogP contribution in [0.25, 0.3) is 21.8 Å². The molecule has 1 amide bonds. The number of hydrogen-bond acceptors (Lipinski definition) is 5. The molecule has 0 saturated carbocycles. The molecule has 8 heteroatoms. The highest BCUT2D eigenvalue weighted by Crippen LogP contribution is 2.32. The Kier molecular flexibility index (Phi) is 3.77. The van der Waals surface area contributed by atoms with E-state index in [1.165, 1.54) is 6.07 Å². The highest BCUT2D eigenvalue weighted by Gasteiger charge is 2.34. The molecule has 3 aromatic heterocycles. The van der Waals surface area contributed by atoms with E-state index in [4.69, 9.17) is 5.73 Å². The van der Waals surface area contributed by atoms with Crippen molar-refractivity contribution in [2.75, 3.05) is 18.8 Å². The lowest BCUT2D eigenvalue weighted by molar-refractivity contribution is 0.0594. The van der Waals surface area contributed by atoms with E-state index in [0.717, 1.165) is 16.8 Å². The molecule has 1 aliphatic heterocycles. The Morgan fingerprint density at radius 2 is 2.00 bits per heavy atom. The van der Waals surface area contributed by atoms with Crippen LogP contribution in [0.2, 0.25) is 0 Å². The number of carbonyl (C=O) groups excluding carboxylic acids is 1. The zero-order chi connectivity index (χ0) is 20.3. The molecule has 146 valence electrons. The minimum atomic E-state index is -0.604. The quantitative estimate of drug-likeness (QED) is 0.568. The van der Waals surface area contributed by atoms with E-state index in [-0.39, 0.29) is 23.2 Å². The summed E-state index contributed by atoms with van der Waals surface area (Å²) in [6, 6.07) is 6.81. The van der Waals surface area contributed by atoms with Gasteiger partial charge in [0.05, 0.1) is 28.2 Å². The standard InChI is InChI=1S/C21H19FN6O/c1-11-3-4-17(24-7-11)12-9-28(10-12)21(29)13-5-14-18(6-16(13)22)26-20(23)15-8-25-27(2)19(14)15/h3-8,12H,9-10H2,1-2H3,(H2,23,26). The summed E-state index contributed by atoms with van der Waals surface area (Å²) in [6.45, 7) is 3.03. The fourth-order valence-corrected chi connectivity index (χ4v) is 3.87. The number of anilines is 1. The van der Waals surface area contributed by atoms with Gasteiger partial charge in [0, 0.05) is 49.4 Å². The van der Waals surface area contributed by atoms with Crippen LogP contribution in [-0.2, 0) is 7.05 Å². The zero-order valence-corrected chi connectivity index (χ0v) is 16.1. The number of benzene rings is 1. The first-order valence-corrected chi connectivity index (χ1v) is 9.34. The Morgan fingerprint density at radius 1 is 1.21 bits per heavy atom. The van der Waals surface area contributed by atoms with Crippen LogP contribution in [0, 0.1) is 12.7 Å². The summed E-state index contributed by atoms with van der Waals surface area (Å²) in [4.78, 5) is 23.3. The molecule has 1 saturated heterocycles. The van der Waals surface area contributed by atoms with E-state index in [1.807, 2.05) is 25.3 Å². The van der Waals surface area contributed by atoms with Gasteiger partial charge in [-0.2, -0.15) is 5.10 Å². The number of fused-ring (bicyclic) bond motifs is 3. The predicted molar refractivity (Wildman–Crippen MR) is 108 cm³/mol. The number of aromatic nitrogens is 4. The molecule has 5 rings (SSSR count). The molecule has 1 fully saturated rings. The average molecular weight is 390 g/mol. The maximum absolute atomic E-state index is 14.8. The van der Waals surface area contributed by atoms with E-state index in [2.05, 4.69) is 15.1 Å². The topological polar surface area (TPSA) is 89.9 Å². The second kappa shape index (κ2) is 6.23. The maximum Gasteiger partial charge on any atom is 0.256 e. The number of nitrogen functional groups attached to an aromatic ring is 1. The van der Waals surface area contributed by atoms with E-state index >= 15 is 0 Å². The van der Waals surface area contributed by atoms with Gasteiger partial charge in [-0.1, -0.05) is 6.07 Å². The van der Waals surface area contributed by atoms with Crippen molar-refractivity contribution < 1.29 is 9.18 Å². The van der Waals surface area contributed by atoms with Gasteiger partial charge in [0.25, 0.3) is 5.91 Å². The molecular formula is C21H19FN6O. The summed E-state index contributed by atoms with van der Waals surface area (Å²) >= 11 is 0. The number of rotatable bonds is 2. The number of pyridine rings is 2. The van der Waals surface area contributed by atoms with Gasteiger partial charge in [0.1, 0.15) is 11.6 Å². The lowest BCUT2D eigenvalue weighted by Crippen LogP contribution is -2.48. The number of likely N-dealkylation sites (tertiary alicyclic amines) is 1. The molecule has 0 radical (unpaired) electrons. The van der Waals surface area contributed by atoms with Crippen LogP contribution in [-0.4, -0.2) is 43.6 Å². The Bertz CT molecular complexity index is 1270. The smallest absolute Gasteiger partial charge is 0.256 e. The maximum atomic E-state index is 14.8. The van der Waals surface area contributed by atoms with E-state index in [1.54, 1.807) is 28.9 Å². The van der Waals surface area contributed by atoms with Gasteiger partial charge < -0.3 is 10.6 Å². The summed E-state index contributed by atoms with van der Waals surface area (Å²) in [5.74, 6) is -0.476. The van der Waals surface area contributed by atoms with Crippen LogP contribution < -0.4 is 5.73 Å². The highest BCUT2D eigenvalue weighted by molar-refractivity contribution is 6.10. The van der Waals surface area contributed by atoms with E-state index in [0.29, 0.717) is 29.4 Å². The van der Waals surface area contributed by atoms with Crippen LogP contribution >= 0.6 is 0 Å². The first-order chi connectivity index (χ1) is 13.9. The molecule has 0 aliphatic carbocycles. The molecule has 2 N–H and O–H groups in total. The van der Waals surface area contributed by atoms with Crippen molar-refractivity contribution in [3.8, 4) is 0 Å². The van der Waals surface area contributed by atoms with Gasteiger partial charge in [-0.15, -0.1) is 0 Å². The van der Waals surface area contributed by atoms with Gasteiger partial charge in [-0.25, -0.2) is 9.37 Å². The molecule has 4 aromatic rings. The fourth-order valence-electron chi connectivity index (χ4n) is 3.87. The lowest BCUT2D eigenvalue weighted by atomic mass is 9.94. The number of hydrogen-bond donors (Lipinski definition) is 1. The summed E-state index contributed by atoms with van der Waals surface area (Å²) < 4.78 is 16.4. The van der Waals surface area contributed by atoms with Crippen LogP contribution in [0.4, 0.5) is 10.2 Å². The largest absolute Gasteiger partial charge is 0.383 e. The normalized spacial score (nSPS) is 14.5. The monoisotopic (exact) mass is 390 g/mol. The molecule has 1 aromatic carbocycles. The number of halogens is 1. The Labute approximate surface area is 166 Å². The van der Waals surface area contributed by atoms with E-state index in [9.17, 15) is 9.18 Å². The molecule has 0 bridgehead atoms. The SMILES string of the molecule is Cc1ccc(C2CN(C(=O)c3cc4c(cc3F)nc(N)c3cnn(C)c34)C2)nc1. The summed E-state index contributed by atoms with van der Waals surface area (Å²) in [5.41, 5.74) is 9.18. The number of aryl methyl sites for hydroxylation is 2. The number of nitrogens with zero attached hydrogens (tertiary/aromatic N) is 5. The van der Waals surface area contributed by atoms with Gasteiger partial charge in [0.2, 0.25) is 0 Å². The molecule has 0 spiro atoms. The fraction of sp³-hybridized carbons (Fsp3) is 0.238. The Balaban J connectivity index is 1.48. The third-order valence-corrected chi connectivity index (χ3v) is 5.55. The van der Waals surface area contributed by atoms with Gasteiger partial charge in [-0.3, -0.25) is 14.5 Å². The molecule has 29 heavy (non-hydrogen) atoms. The molecule has 1 aliphatic rings. The first kappa shape index (κ1) is 17.5. The van der Waals surface area contributed by atoms with Crippen molar-refractivity contribution in [2.45, 2.75) is 12.8 Å². The first-order valence-electron chi connectivity index (χ1n) is 9.34. The Morgan fingerprint density at radius 3 is 2.72 bits per heavy atom. The lowest BCUT2D eigenvalue weighted by Gasteiger charge is -2.39. The van der Waals surface area contributed by atoms with Crippen LogP contribution in [0.5, 0.6) is 0 Å². The minimum absolute atomic E-state index is 0.0295. The molecular weight excluding hydrogens is 371 g/mol. The number of amides is 1. The van der Waals surface area contributed by atoms with Crippen molar-refractivity contribution in [2.24, 2.45) is 7.05 Å².